The maximum absolute atomic E-state index is 13.4. The second kappa shape index (κ2) is 8.24. The summed E-state index contributed by atoms with van der Waals surface area (Å²) in [6.07, 6.45) is 0.868. The standard InChI is InChI=1S/C20H23F2N3O2/c1-13-3-6-19(27-2)18(9-13)24-20(26)23-11-14-7-8-25(12-14)15-4-5-16(21)17(22)10-15/h3-6,9-10,14H,7-8,11-12H2,1-2H3,(H2,23,24,26). The zero-order chi connectivity index (χ0) is 19.4. The zero-order valence-corrected chi connectivity index (χ0v) is 15.4. The molecule has 5 nitrogen and oxygen atoms in total. The molecule has 144 valence electrons. The molecule has 27 heavy (non-hydrogen) atoms. The number of halogens is 2. The Balaban J connectivity index is 1.51. The molecule has 0 radical (unpaired) electrons. The van der Waals surface area contributed by atoms with Gasteiger partial charge in [-0.1, -0.05) is 6.07 Å². The van der Waals surface area contributed by atoms with E-state index >= 15 is 0 Å². The molecule has 1 aliphatic heterocycles. The molecule has 1 fully saturated rings. The first-order chi connectivity index (χ1) is 13.0. The van der Waals surface area contributed by atoms with Crippen molar-refractivity contribution >= 4 is 17.4 Å². The number of hydrogen-bond donors (Lipinski definition) is 2. The molecule has 1 aliphatic rings. The summed E-state index contributed by atoms with van der Waals surface area (Å²) in [5, 5.41) is 5.67. The molecular weight excluding hydrogens is 352 g/mol. The number of hydrogen-bond acceptors (Lipinski definition) is 3. The van der Waals surface area contributed by atoms with Gasteiger partial charge in [0.25, 0.3) is 0 Å². The molecule has 0 aromatic heterocycles. The van der Waals surface area contributed by atoms with E-state index in [0.717, 1.165) is 24.6 Å². The minimum Gasteiger partial charge on any atom is -0.495 e. The van der Waals surface area contributed by atoms with Crippen LogP contribution in [0, 0.1) is 24.5 Å². The Hall–Kier alpha value is -2.83. The SMILES string of the molecule is COc1ccc(C)cc1NC(=O)NCC1CCN(c2ccc(F)c(F)c2)C1. The molecule has 1 atom stereocenters. The number of carbonyl (C=O) groups excluding carboxylic acids is 1. The van der Waals surface area contributed by atoms with E-state index in [4.69, 9.17) is 4.74 Å². The van der Waals surface area contributed by atoms with Gasteiger partial charge in [-0.15, -0.1) is 0 Å². The maximum Gasteiger partial charge on any atom is 0.319 e. The van der Waals surface area contributed by atoms with E-state index in [-0.39, 0.29) is 11.9 Å². The smallest absolute Gasteiger partial charge is 0.319 e. The van der Waals surface area contributed by atoms with Gasteiger partial charge in [0, 0.05) is 31.4 Å². The summed E-state index contributed by atoms with van der Waals surface area (Å²) in [5.41, 5.74) is 2.29. The van der Waals surface area contributed by atoms with Crippen LogP contribution in [0.2, 0.25) is 0 Å². The highest BCUT2D eigenvalue weighted by Crippen LogP contribution is 2.26. The summed E-state index contributed by atoms with van der Waals surface area (Å²) in [4.78, 5) is 14.2. The molecule has 0 aliphatic carbocycles. The van der Waals surface area contributed by atoms with E-state index in [1.165, 1.54) is 6.07 Å². The van der Waals surface area contributed by atoms with Crippen molar-refractivity contribution in [3.63, 3.8) is 0 Å². The second-order valence-corrected chi connectivity index (χ2v) is 6.74. The van der Waals surface area contributed by atoms with Gasteiger partial charge in [-0.25, -0.2) is 13.6 Å². The lowest BCUT2D eigenvalue weighted by molar-refractivity contribution is 0.250. The Bertz CT molecular complexity index is 829. The molecule has 2 N–H and O–H groups in total. The van der Waals surface area contributed by atoms with Crippen molar-refractivity contribution in [2.24, 2.45) is 5.92 Å². The van der Waals surface area contributed by atoms with Gasteiger partial charge in [0.05, 0.1) is 12.8 Å². The van der Waals surface area contributed by atoms with Crippen LogP contribution in [0.5, 0.6) is 5.75 Å². The molecule has 2 aromatic carbocycles. The van der Waals surface area contributed by atoms with Crippen molar-refractivity contribution in [1.29, 1.82) is 0 Å². The third-order valence-corrected chi connectivity index (χ3v) is 4.71. The summed E-state index contributed by atoms with van der Waals surface area (Å²) in [6, 6.07) is 9.18. The largest absolute Gasteiger partial charge is 0.495 e. The average molecular weight is 375 g/mol. The lowest BCUT2D eigenvalue weighted by Gasteiger charge is -2.19. The highest BCUT2D eigenvalue weighted by atomic mass is 19.2. The number of urea groups is 1. The summed E-state index contributed by atoms with van der Waals surface area (Å²) < 4.78 is 31.7. The third-order valence-electron chi connectivity index (χ3n) is 4.71. The number of anilines is 2. The third kappa shape index (κ3) is 4.67. The van der Waals surface area contributed by atoms with Crippen molar-refractivity contribution in [2.75, 3.05) is 37.0 Å². The van der Waals surface area contributed by atoms with Gasteiger partial charge in [-0.2, -0.15) is 0 Å². The number of rotatable bonds is 5. The maximum atomic E-state index is 13.4. The van der Waals surface area contributed by atoms with Gasteiger partial charge in [-0.3, -0.25) is 0 Å². The normalized spacial score (nSPS) is 16.3. The van der Waals surface area contributed by atoms with Gasteiger partial charge in [0.2, 0.25) is 0 Å². The predicted octanol–water partition coefficient (Wildman–Crippen LogP) is 3.93. The minimum atomic E-state index is -0.848. The Morgan fingerprint density at radius 1 is 1.22 bits per heavy atom. The number of nitrogens with one attached hydrogen (secondary N) is 2. The first kappa shape index (κ1) is 18.9. The van der Waals surface area contributed by atoms with E-state index in [9.17, 15) is 13.6 Å². The van der Waals surface area contributed by atoms with Crippen molar-refractivity contribution in [1.82, 2.24) is 5.32 Å². The van der Waals surface area contributed by atoms with Gasteiger partial charge in [-0.05, 0) is 49.1 Å². The van der Waals surface area contributed by atoms with Gasteiger partial charge in [0.1, 0.15) is 5.75 Å². The molecule has 0 spiro atoms. The molecule has 2 amide bonds. The van der Waals surface area contributed by atoms with E-state index in [1.807, 2.05) is 30.0 Å². The number of carbonyl (C=O) groups is 1. The number of methoxy groups -OCH3 is 1. The lowest BCUT2D eigenvalue weighted by Crippen LogP contribution is -2.34. The molecule has 3 rings (SSSR count). The van der Waals surface area contributed by atoms with Crippen LogP contribution in [0.3, 0.4) is 0 Å². The van der Waals surface area contributed by atoms with Crippen LogP contribution < -0.4 is 20.3 Å². The fraction of sp³-hybridized carbons (Fsp3) is 0.350. The van der Waals surface area contributed by atoms with Crippen molar-refractivity contribution < 1.29 is 18.3 Å². The van der Waals surface area contributed by atoms with Crippen molar-refractivity contribution in [3.05, 3.63) is 53.6 Å². The molecule has 1 heterocycles. The lowest BCUT2D eigenvalue weighted by atomic mass is 10.1. The van der Waals surface area contributed by atoms with Crippen LogP contribution in [0.25, 0.3) is 0 Å². The molecular formula is C20H23F2N3O2. The highest BCUT2D eigenvalue weighted by Gasteiger charge is 2.24. The van der Waals surface area contributed by atoms with E-state index in [1.54, 1.807) is 13.2 Å². The van der Waals surface area contributed by atoms with Crippen LogP contribution in [-0.4, -0.2) is 32.8 Å². The number of nitrogens with zero attached hydrogens (tertiary/aromatic N) is 1. The summed E-state index contributed by atoms with van der Waals surface area (Å²) >= 11 is 0. The van der Waals surface area contributed by atoms with Gasteiger partial charge >= 0.3 is 6.03 Å². The summed E-state index contributed by atoms with van der Waals surface area (Å²) in [5.74, 6) is -0.857. The first-order valence-corrected chi connectivity index (χ1v) is 8.85. The Morgan fingerprint density at radius 2 is 2.04 bits per heavy atom. The molecule has 2 aromatic rings. The molecule has 0 saturated carbocycles. The van der Waals surface area contributed by atoms with E-state index < -0.39 is 11.6 Å². The second-order valence-electron chi connectivity index (χ2n) is 6.74. The monoisotopic (exact) mass is 375 g/mol. The van der Waals surface area contributed by atoms with Crippen LogP contribution in [0.1, 0.15) is 12.0 Å². The first-order valence-electron chi connectivity index (χ1n) is 8.85. The number of benzene rings is 2. The highest BCUT2D eigenvalue weighted by molar-refractivity contribution is 5.91. The fourth-order valence-electron chi connectivity index (χ4n) is 3.24. The number of ether oxygens (including phenoxy) is 1. The van der Waals surface area contributed by atoms with Crippen LogP contribution in [0.4, 0.5) is 25.0 Å². The Morgan fingerprint density at radius 3 is 2.78 bits per heavy atom. The van der Waals surface area contributed by atoms with Gasteiger partial charge < -0.3 is 20.3 Å². The molecule has 1 unspecified atom stereocenters. The van der Waals surface area contributed by atoms with Crippen molar-refractivity contribution in [2.45, 2.75) is 13.3 Å². The quantitative estimate of drug-likeness (QED) is 0.833. The average Bonchev–Trinajstić information content (AvgIpc) is 3.11. The topological polar surface area (TPSA) is 53.6 Å². The van der Waals surface area contributed by atoms with E-state index in [0.29, 0.717) is 30.2 Å². The summed E-state index contributed by atoms with van der Waals surface area (Å²) in [7, 11) is 1.55. The molecule has 0 bridgehead atoms. The Kier molecular flexibility index (Phi) is 5.78. The Labute approximate surface area is 157 Å². The predicted molar refractivity (Wildman–Crippen MR) is 101 cm³/mol. The number of amides is 2. The van der Waals surface area contributed by atoms with E-state index in [2.05, 4.69) is 10.6 Å². The van der Waals surface area contributed by atoms with Gasteiger partial charge in [0.15, 0.2) is 11.6 Å². The van der Waals surface area contributed by atoms with Crippen LogP contribution >= 0.6 is 0 Å². The minimum absolute atomic E-state index is 0.239. The van der Waals surface area contributed by atoms with Crippen LogP contribution in [-0.2, 0) is 0 Å². The summed E-state index contributed by atoms with van der Waals surface area (Å²) in [6.45, 7) is 3.86. The molecule has 1 saturated heterocycles. The number of aryl methyl sites for hydroxylation is 1. The fourth-order valence-corrected chi connectivity index (χ4v) is 3.24. The van der Waals surface area contributed by atoms with Crippen molar-refractivity contribution in [3.8, 4) is 5.75 Å². The molecule has 7 heteroatoms. The van der Waals surface area contributed by atoms with Crippen LogP contribution in [0.15, 0.2) is 36.4 Å². The zero-order valence-electron chi connectivity index (χ0n) is 15.4.